The van der Waals surface area contributed by atoms with Gasteiger partial charge in [0.15, 0.2) is 5.78 Å². The van der Waals surface area contributed by atoms with Crippen LogP contribution in [0.1, 0.15) is 64.7 Å². The molecule has 2 N–H and O–H groups in total. The number of hydrogen-bond donors (Lipinski definition) is 2. The second-order valence-electron chi connectivity index (χ2n) is 6.84. The molecule has 0 spiro atoms. The average molecular weight is 354 g/mol. The highest BCUT2D eigenvalue weighted by atomic mass is 19.1. The third kappa shape index (κ3) is 8.43. The van der Waals surface area contributed by atoms with Crippen LogP contribution in [0.15, 0.2) is 24.3 Å². The predicted molar refractivity (Wildman–Crippen MR) is 96.0 cm³/mol. The zero-order valence-corrected chi connectivity index (χ0v) is 15.1. The van der Waals surface area contributed by atoms with Gasteiger partial charge in [0.2, 0.25) is 0 Å². The number of carbonyl (C=O) groups is 2. The highest BCUT2D eigenvalue weighted by Crippen LogP contribution is 2.38. The maximum Gasteiger partial charge on any atom is 0.303 e. The molecule has 1 aliphatic carbocycles. The Balaban J connectivity index is 2.48. The average Bonchev–Trinajstić information content (AvgIpc) is 2.82. The summed E-state index contributed by atoms with van der Waals surface area (Å²) in [6.45, 7) is 2.08. The molecule has 0 aromatic rings. The number of carbonyl (C=O) groups excluding carboxylic acids is 1. The summed E-state index contributed by atoms with van der Waals surface area (Å²) in [6.07, 6.45) is 10.5. The number of carboxylic acid groups (broad SMARTS) is 1. The SMILES string of the molecule is CCCCCC(=O)/C=C/[C@@H]1[C@@H](C/C=C\CCCC(=O)O)[C@H](F)C[C@H]1O. The van der Waals surface area contributed by atoms with Crippen LogP contribution < -0.4 is 0 Å². The van der Waals surface area contributed by atoms with E-state index in [1.54, 1.807) is 6.08 Å². The Morgan fingerprint density at radius 2 is 1.92 bits per heavy atom. The highest BCUT2D eigenvalue weighted by Gasteiger charge is 2.40. The number of aliphatic hydroxyl groups is 1. The van der Waals surface area contributed by atoms with Crippen molar-refractivity contribution < 1.29 is 24.2 Å². The van der Waals surface area contributed by atoms with Gasteiger partial charge in [-0.15, -0.1) is 0 Å². The fourth-order valence-electron chi connectivity index (χ4n) is 3.26. The molecule has 25 heavy (non-hydrogen) atoms. The quantitative estimate of drug-likeness (QED) is 0.312. The summed E-state index contributed by atoms with van der Waals surface area (Å²) in [5, 5.41) is 18.6. The van der Waals surface area contributed by atoms with E-state index < -0.39 is 18.2 Å². The third-order valence-electron chi connectivity index (χ3n) is 4.74. The van der Waals surface area contributed by atoms with Crippen LogP contribution in [0.25, 0.3) is 0 Å². The number of aliphatic hydroxyl groups excluding tert-OH is 1. The smallest absolute Gasteiger partial charge is 0.303 e. The minimum Gasteiger partial charge on any atom is -0.481 e. The summed E-state index contributed by atoms with van der Waals surface area (Å²) in [4.78, 5) is 22.3. The van der Waals surface area contributed by atoms with E-state index in [-0.39, 0.29) is 30.5 Å². The normalized spacial score (nSPS) is 26.7. The van der Waals surface area contributed by atoms with Crippen molar-refractivity contribution in [1.29, 1.82) is 0 Å². The first-order valence-electron chi connectivity index (χ1n) is 9.35. The molecule has 0 aromatic heterocycles. The molecule has 142 valence electrons. The maximum absolute atomic E-state index is 14.2. The molecule has 0 heterocycles. The fourth-order valence-corrected chi connectivity index (χ4v) is 3.26. The van der Waals surface area contributed by atoms with Gasteiger partial charge in [-0.1, -0.05) is 38.0 Å². The Bertz CT molecular complexity index is 472. The van der Waals surface area contributed by atoms with Crippen LogP contribution in [-0.2, 0) is 9.59 Å². The molecule has 4 nitrogen and oxygen atoms in total. The molecule has 0 radical (unpaired) electrons. The maximum atomic E-state index is 14.2. The lowest BCUT2D eigenvalue weighted by Gasteiger charge is -2.18. The standard InChI is InChI=1S/C20H31FO4/c1-2-3-6-9-15(22)12-13-17-16(18(21)14-19(17)23)10-7-4-5-8-11-20(24)25/h4,7,12-13,16-19,23H,2-3,5-6,8-11,14H2,1H3,(H,24,25)/b7-4-,13-12+/t16-,17-,18-,19-/m1/s1. The Morgan fingerprint density at radius 3 is 2.60 bits per heavy atom. The Labute approximate surface area is 149 Å². The van der Waals surface area contributed by atoms with Crippen LogP contribution >= 0.6 is 0 Å². The van der Waals surface area contributed by atoms with Crippen molar-refractivity contribution in [3.63, 3.8) is 0 Å². The number of halogens is 1. The topological polar surface area (TPSA) is 74.6 Å². The van der Waals surface area contributed by atoms with Crippen LogP contribution in [0.3, 0.4) is 0 Å². The van der Waals surface area contributed by atoms with E-state index in [0.717, 1.165) is 19.3 Å². The van der Waals surface area contributed by atoms with Gasteiger partial charge in [0.1, 0.15) is 6.17 Å². The zero-order chi connectivity index (χ0) is 18.7. The third-order valence-corrected chi connectivity index (χ3v) is 4.74. The molecule has 1 aliphatic rings. The summed E-state index contributed by atoms with van der Waals surface area (Å²) < 4.78 is 14.2. The number of carboxylic acids is 1. The minimum absolute atomic E-state index is 0.0333. The van der Waals surface area contributed by atoms with Gasteiger partial charge in [-0.25, -0.2) is 4.39 Å². The Kier molecular flexibility index (Phi) is 10.3. The molecular weight excluding hydrogens is 323 g/mol. The van der Waals surface area contributed by atoms with Crippen molar-refractivity contribution in [2.24, 2.45) is 11.8 Å². The Hall–Kier alpha value is -1.49. The number of unbranched alkanes of at least 4 members (excludes halogenated alkanes) is 3. The van der Waals surface area contributed by atoms with Gasteiger partial charge in [0, 0.05) is 31.1 Å². The van der Waals surface area contributed by atoms with Gasteiger partial charge in [0.25, 0.3) is 0 Å². The van der Waals surface area contributed by atoms with Gasteiger partial charge in [-0.3, -0.25) is 9.59 Å². The Morgan fingerprint density at radius 1 is 1.16 bits per heavy atom. The summed E-state index contributed by atoms with van der Waals surface area (Å²) in [5.74, 6) is -1.45. The zero-order valence-electron chi connectivity index (χ0n) is 15.1. The number of rotatable bonds is 12. The molecule has 0 saturated heterocycles. The van der Waals surface area contributed by atoms with Gasteiger partial charge in [-0.05, 0) is 31.8 Å². The summed E-state index contributed by atoms with van der Waals surface area (Å²) >= 11 is 0. The fraction of sp³-hybridized carbons (Fsp3) is 0.700. The molecule has 0 amide bonds. The molecule has 1 fully saturated rings. The lowest BCUT2D eigenvalue weighted by atomic mass is 9.90. The van der Waals surface area contributed by atoms with Crippen molar-refractivity contribution in [3.8, 4) is 0 Å². The number of aliphatic carboxylic acids is 1. The molecule has 0 bridgehead atoms. The number of hydrogen-bond acceptors (Lipinski definition) is 3. The second kappa shape index (κ2) is 12.0. The first kappa shape index (κ1) is 21.6. The van der Waals surface area contributed by atoms with E-state index in [1.807, 2.05) is 12.2 Å². The molecule has 0 aromatic carbocycles. The minimum atomic E-state index is -1.08. The lowest BCUT2D eigenvalue weighted by molar-refractivity contribution is -0.137. The van der Waals surface area contributed by atoms with E-state index in [9.17, 15) is 19.1 Å². The second-order valence-corrected chi connectivity index (χ2v) is 6.84. The van der Waals surface area contributed by atoms with E-state index in [0.29, 0.717) is 25.7 Å². The summed E-state index contributed by atoms with van der Waals surface area (Å²) in [6, 6.07) is 0. The van der Waals surface area contributed by atoms with Gasteiger partial charge in [0.05, 0.1) is 6.10 Å². The molecule has 0 unspecified atom stereocenters. The predicted octanol–water partition coefficient (Wildman–Crippen LogP) is 4.23. The van der Waals surface area contributed by atoms with Crippen molar-refractivity contribution in [3.05, 3.63) is 24.3 Å². The van der Waals surface area contributed by atoms with Gasteiger partial charge >= 0.3 is 5.97 Å². The van der Waals surface area contributed by atoms with E-state index in [2.05, 4.69) is 6.92 Å². The number of ketones is 1. The molecule has 0 aliphatic heterocycles. The lowest BCUT2D eigenvalue weighted by Crippen LogP contribution is -2.18. The van der Waals surface area contributed by atoms with Crippen LogP contribution in [0, 0.1) is 11.8 Å². The summed E-state index contributed by atoms with van der Waals surface area (Å²) in [5.41, 5.74) is 0. The van der Waals surface area contributed by atoms with Crippen molar-refractivity contribution >= 4 is 11.8 Å². The van der Waals surface area contributed by atoms with Crippen LogP contribution in [0.2, 0.25) is 0 Å². The van der Waals surface area contributed by atoms with Crippen LogP contribution in [0.5, 0.6) is 0 Å². The van der Waals surface area contributed by atoms with E-state index in [1.165, 1.54) is 6.08 Å². The van der Waals surface area contributed by atoms with E-state index >= 15 is 0 Å². The van der Waals surface area contributed by atoms with Crippen molar-refractivity contribution in [1.82, 2.24) is 0 Å². The van der Waals surface area contributed by atoms with Gasteiger partial charge < -0.3 is 10.2 Å². The molecule has 5 heteroatoms. The van der Waals surface area contributed by atoms with E-state index in [4.69, 9.17) is 5.11 Å². The molecule has 1 rings (SSSR count). The highest BCUT2D eigenvalue weighted by molar-refractivity contribution is 5.89. The molecule has 1 saturated carbocycles. The molecule has 4 atom stereocenters. The van der Waals surface area contributed by atoms with Gasteiger partial charge in [-0.2, -0.15) is 0 Å². The van der Waals surface area contributed by atoms with Crippen molar-refractivity contribution in [2.45, 2.75) is 77.0 Å². The number of allylic oxidation sites excluding steroid dienone is 3. The summed E-state index contributed by atoms with van der Waals surface area (Å²) in [7, 11) is 0. The first-order chi connectivity index (χ1) is 12.0. The number of alkyl halides is 1. The monoisotopic (exact) mass is 354 g/mol. The first-order valence-corrected chi connectivity index (χ1v) is 9.35. The molecular formula is C20H31FO4. The van der Waals surface area contributed by atoms with Crippen LogP contribution in [0.4, 0.5) is 4.39 Å². The van der Waals surface area contributed by atoms with Crippen LogP contribution in [-0.4, -0.2) is 34.2 Å². The van der Waals surface area contributed by atoms with Crippen molar-refractivity contribution in [2.75, 3.05) is 0 Å². The largest absolute Gasteiger partial charge is 0.481 e.